The molecule has 0 aromatic heterocycles. The first-order valence-electron chi connectivity index (χ1n) is 5.99. The summed E-state index contributed by atoms with van der Waals surface area (Å²) in [7, 11) is 0. The molecule has 0 heterocycles. The number of rotatable bonds is 2. The smallest absolute Gasteiger partial charge is 0.0489 e. The van der Waals surface area contributed by atoms with Crippen molar-refractivity contribution >= 4 is 21.6 Å². The van der Waals surface area contributed by atoms with E-state index in [9.17, 15) is 0 Å². The molecular weight excluding hydrogens is 262 g/mol. The van der Waals surface area contributed by atoms with E-state index in [1.807, 2.05) is 0 Å². The lowest BCUT2D eigenvalue weighted by Gasteiger charge is -2.19. The fourth-order valence-corrected chi connectivity index (χ4v) is 2.89. The first-order chi connectivity index (χ1) is 7.46. The summed E-state index contributed by atoms with van der Waals surface area (Å²) in [4.78, 5) is 0. The Morgan fingerprint density at radius 1 is 1.38 bits per heavy atom. The van der Waals surface area contributed by atoms with Crippen LogP contribution in [0.25, 0.3) is 0 Å². The fourth-order valence-electron chi connectivity index (χ4n) is 2.53. The Kier molecular flexibility index (Phi) is 3.29. The standard InChI is InChI=1S/C14H20BrN/c1-10-4-5-12(15)13(8-10)16-11-6-7-14(2,3)9-11/h4-5,8,11,16H,6-7,9H2,1-3H3. The van der Waals surface area contributed by atoms with Gasteiger partial charge in [-0.3, -0.25) is 0 Å². The van der Waals surface area contributed by atoms with Crippen LogP contribution in [0, 0.1) is 12.3 Å². The molecule has 1 fully saturated rings. The molecule has 2 rings (SSSR count). The van der Waals surface area contributed by atoms with E-state index in [-0.39, 0.29) is 0 Å². The van der Waals surface area contributed by atoms with E-state index >= 15 is 0 Å². The van der Waals surface area contributed by atoms with Crippen LogP contribution in [0.2, 0.25) is 0 Å². The van der Waals surface area contributed by atoms with Crippen molar-refractivity contribution in [3.63, 3.8) is 0 Å². The van der Waals surface area contributed by atoms with E-state index in [0.29, 0.717) is 11.5 Å². The first kappa shape index (κ1) is 12.0. The van der Waals surface area contributed by atoms with Crippen LogP contribution in [0.1, 0.15) is 38.7 Å². The molecule has 0 spiro atoms. The van der Waals surface area contributed by atoms with E-state index in [4.69, 9.17) is 0 Å². The molecule has 0 aliphatic heterocycles. The molecule has 1 saturated carbocycles. The minimum Gasteiger partial charge on any atom is -0.381 e. The van der Waals surface area contributed by atoms with Gasteiger partial charge in [0.05, 0.1) is 0 Å². The summed E-state index contributed by atoms with van der Waals surface area (Å²) in [6.07, 6.45) is 3.88. The number of hydrogen-bond acceptors (Lipinski definition) is 1. The molecule has 1 unspecified atom stereocenters. The lowest BCUT2D eigenvalue weighted by atomic mass is 9.92. The number of anilines is 1. The zero-order chi connectivity index (χ0) is 11.8. The maximum absolute atomic E-state index is 3.66. The molecule has 0 amide bonds. The van der Waals surface area contributed by atoms with Crippen molar-refractivity contribution in [2.45, 2.75) is 46.1 Å². The van der Waals surface area contributed by atoms with Crippen molar-refractivity contribution in [2.24, 2.45) is 5.41 Å². The van der Waals surface area contributed by atoms with Crippen molar-refractivity contribution in [3.05, 3.63) is 28.2 Å². The van der Waals surface area contributed by atoms with E-state index in [1.54, 1.807) is 0 Å². The number of nitrogens with one attached hydrogen (secondary N) is 1. The van der Waals surface area contributed by atoms with Gasteiger partial charge in [0.25, 0.3) is 0 Å². The molecule has 0 bridgehead atoms. The third kappa shape index (κ3) is 2.79. The van der Waals surface area contributed by atoms with Crippen molar-refractivity contribution < 1.29 is 0 Å². The average Bonchev–Trinajstić information content (AvgIpc) is 2.52. The third-order valence-electron chi connectivity index (χ3n) is 3.45. The summed E-state index contributed by atoms with van der Waals surface area (Å²) in [5.41, 5.74) is 3.05. The number of hydrogen-bond donors (Lipinski definition) is 1. The number of aryl methyl sites for hydroxylation is 1. The van der Waals surface area contributed by atoms with Gasteiger partial charge >= 0.3 is 0 Å². The highest BCUT2D eigenvalue weighted by molar-refractivity contribution is 9.10. The second-order valence-corrected chi connectivity index (χ2v) is 6.59. The largest absolute Gasteiger partial charge is 0.381 e. The molecule has 1 aromatic carbocycles. The van der Waals surface area contributed by atoms with Gasteiger partial charge in [-0.2, -0.15) is 0 Å². The highest BCUT2D eigenvalue weighted by Gasteiger charge is 2.30. The average molecular weight is 282 g/mol. The summed E-state index contributed by atoms with van der Waals surface area (Å²) < 4.78 is 1.17. The van der Waals surface area contributed by atoms with Crippen molar-refractivity contribution in [3.8, 4) is 0 Å². The van der Waals surface area contributed by atoms with Crippen LogP contribution < -0.4 is 5.32 Å². The van der Waals surface area contributed by atoms with Gasteiger partial charge in [0.2, 0.25) is 0 Å². The van der Waals surface area contributed by atoms with Crippen molar-refractivity contribution in [1.29, 1.82) is 0 Å². The van der Waals surface area contributed by atoms with Crippen LogP contribution in [0.5, 0.6) is 0 Å². The zero-order valence-electron chi connectivity index (χ0n) is 10.3. The minimum atomic E-state index is 0.508. The SMILES string of the molecule is Cc1ccc(Br)c(NC2CCC(C)(C)C2)c1. The number of halogens is 1. The Balaban J connectivity index is 2.07. The van der Waals surface area contributed by atoms with Crippen LogP contribution in [0.4, 0.5) is 5.69 Å². The highest BCUT2D eigenvalue weighted by Crippen LogP contribution is 2.39. The molecule has 1 N–H and O–H groups in total. The summed E-state index contributed by atoms with van der Waals surface area (Å²) in [6, 6.07) is 7.11. The normalized spacial score (nSPS) is 23.4. The predicted octanol–water partition coefficient (Wildman–Crippen LogP) is 4.75. The highest BCUT2D eigenvalue weighted by atomic mass is 79.9. The maximum Gasteiger partial charge on any atom is 0.0489 e. The van der Waals surface area contributed by atoms with Gasteiger partial charge < -0.3 is 5.32 Å². The molecule has 2 heteroatoms. The second-order valence-electron chi connectivity index (χ2n) is 5.73. The molecule has 88 valence electrons. The van der Waals surface area contributed by atoms with E-state index in [1.165, 1.54) is 35.0 Å². The molecule has 1 nitrogen and oxygen atoms in total. The van der Waals surface area contributed by atoms with Crippen molar-refractivity contribution in [2.75, 3.05) is 5.32 Å². The predicted molar refractivity (Wildman–Crippen MR) is 73.9 cm³/mol. The van der Waals surface area contributed by atoms with Gasteiger partial charge in [-0.15, -0.1) is 0 Å². The van der Waals surface area contributed by atoms with Crippen LogP contribution in [0.3, 0.4) is 0 Å². The Morgan fingerprint density at radius 2 is 2.12 bits per heavy atom. The molecule has 1 aromatic rings. The topological polar surface area (TPSA) is 12.0 Å². The molecule has 1 aliphatic rings. The zero-order valence-corrected chi connectivity index (χ0v) is 11.9. The van der Waals surface area contributed by atoms with Crippen LogP contribution in [-0.4, -0.2) is 6.04 Å². The lowest BCUT2D eigenvalue weighted by molar-refractivity contribution is 0.378. The van der Waals surface area contributed by atoms with Gasteiger partial charge in [-0.1, -0.05) is 19.9 Å². The van der Waals surface area contributed by atoms with E-state index in [2.05, 4.69) is 60.2 Å². The minimum absolute atomic E-state index is 0.508. The molecule has 0 radical (unpaired) electrons. The fraction of sp³-hybridized carbons (Fsp3) is 0.571. The van der Waals surface area contributed by atoms with Crippen LogP contribution in [-0.2, 0) is 0 Å². The molecule has 0 saturated heterocycles. The van der Waals surface area contributed by atoms with Gasteiger partial charge in [-0.25, -0.2) is 0 Å². The van der Waals surface area contributed by atoms with Crippen molar-refractivity contribution in [1.82, 2.24) is 0 Å². The van der Waals surface area contributed by atoms with Crippen LogP contribution in [0.15, 0.2) is 22.7 Å². The summed E-state index contributed by atoms with van der Waals surface area (Å²) in [5.74, 6) is 0. The monoisotopic (exact) mass is 281 g/mol. The van der Waals surface area contributed by atoms with Gasteiger partial charge in [0, 0.05) is 16.2 Å². The molecule has 1 aliphatic carbocycles. The Morgan fingerprint density at radius 3 is 2.75 bits per heavy atom. The Labute approximate surface area is 107 Å². The van der Waals surface area contributed by atoms with Gasteiger partial charge in [-0.05, 0) is 65.2 Å². The summed E-state index contributed by atoms with van der Waals surface area (Å²) in [6.45, 7) is 6.86. The van der Waals surface area contributed by atoms with E-state index in [0.717, 1.165) is 0 Å². The Bertz CT molecular complexity index is 384. The lowest BCUT2D eigenvalue weighted by Crippen LogP contribution is -2.17. The quantitative estimate of drug-likeness (QED) is 0.825. The molecule has 1 atom stereocenters. The van der Waals surface area contributed by atoms with E-state index < -0.39 is 0 Å². The summed E-state index contributed by atoms with van der Waals surface area (Å²) in [5, 5.41) is 3.66. The third-order valence-corrected chi connectivity index (χ3v) is 4.14. The van der Waals surface area contributed by atoms with Crippen LogP contribution >= 0.6 is 15.9 Å². The maximum atomic E-state index is 3.66. The Hall–Kier alpha value is -0.500. The second kappa shape index (κ2) is 4.40. The summed E-state index contributed by atoms with van der Waals surface area (Å²) >= 11 is 3.60. The van der Waals surface area contributed by atoms with Gasteiger partial charge in [0.1, 0.15) is 0 Å². The molecular formula is C14H20BrN. The first-order valence-corrected chi connectivity index (χ1v) is 6.78. The van der Waals surface area contributed by atoms with Gasteiger partial charge in [0.15, 0.2) is 0 Å². The number of benzene rings is 1. The molecule has 16 heavy (non-hydrogen) atoms.